The first-order valence-electron chi connectivity index (χ1n) is 10.9. The van der Waals surface area contributed by atoms with Crippen molar-refractivity contribution >= 4 is 43.7 Å². The van der Waals surface area contributed by atoms with Crippen LogP contribution in [0, 0.1) is 6.92 Å². The summed E-state index contributed by atoms with van der Waals surface area (Å²) < 4.78 is 52.3. The van der Waals surface area contributed by atoms with Crippen LogP contribution in [-0.2, 0) is 14.4 Å². The van der Waals surface area contributed by atoms with Crippen LogP contribution in [0.2, 0.25) is 0 Å². The standard InChI is InChI=1S/C23H28F2N6O3S/c1-14-8-15(30-35(3,4)32)9-17-21(14)22(28-13-27-17)29-16-6-5-7-26-23(16)34-19-11-31(12-20(24)25)10-18(19)33-2/h5-9,13,18-20H,3,10-12H2,1-2,4H3,(H,30,32)(H,27,28,29). The van der Waals surface area contributed by atoms with E-state index in [4.69, 9.17) is 9.47 Å². The summed E-state index contributed by atoms with van der Waals surface area (Å²) in [4.78, 5) is 14.7. The van der Waals surface area contributed by atoms with E-state index in [1.807, 2.05) is 13.0 Å². The van der Waals surface area contributed by atoms with Gasteiger partial charge >= 0.3 is 0 Å². The highest BCUT2D eigenvalue weighted by molar-refractivity contribution is 8.00. The predicted octanol–water partition coefficient (Wildman–Crippen LogP) is 3.09. The summed E-state index contributed by atoms with van der Waals surface area (Å²) in [7, 11) is -0.908. The van der Waals surface area contributed by atoms with Gasteiger partial charge in [-0.25, -0.2) is 27.9 Å². The summed E-state index contributed by atoms with van der Waals surface area (Å²) in [5, 5.41) is 4.05. The highest BCUT2D eigenvalue weighted by Gasteiger charge is 2.36. The summed E-state index contributed by atoms with van der Waals surface area (Å²) in [6.45, 7) is 2.22. The number of alkyl halides is 2. The fourth-order valence-electron chi connectivity index (χ4n) is 4.15. The molecule has 0 radical (unpaired) electrons. The number of rotatable bonds is 9. The Balaban J connectivity index is 1.61. The van der Waals surface area contributed by atoms with Crippen molar-refractivity contribution in [2.24, 2.45) is 0 Å². The molecule has 9 nitrogen and oxygen atoms in total. The molecule has 3 atom stereocenters. The number of nitrogens with zero attached hydrogens (tertiary/aromatic N) is 4. The zero-order valence-corrected chi connectivity index (χ0v) is 20.5. The number of anilines is 3. The zero-order chi connectivity index (χ0) is 25.2. The average Bonchev–Trinajstić information content (AvgIpc) is 3.14. The van der Waals surface area contributed by atoms with E-state index in [1.165, 1.54) is 19.7 Å². The van der Waals surface area contributed by atoms with Gasteiger partial charge in [0.1, 0.15) is 30.0 Å². The van der Waals surface area contributed by atoms with E-state index in [0.29, 0.717) is 41.7 Å². The molecule has 2 N–H and O–H groups in total. The second kappa shape index (κ2) is 10.3. The molecule has 1 aliphatic rings. The third kappa shape index (κ3) is 6.13. The number of nitrogens with one attached hydrogen (secondary N) is 2. The number of methoxy groups -OCH3 is 1. The Hall–Kier alpha value is -3.09. The second-order valence-electron chi connectivity index (χ2n) is 8.54. The van der Waals surface area contributed by atoms with Crippen molar-refractivity contribution in [1.29, 1.82) is 0 Å². The minimum absolute atomic E-state index is 0.303. The number of aryl methyl sites for hydroxylation is 1. The van der Waals surface area contributed by atoms with Crippen molar-refractivity contribution in [3.05, 3.63) is 42.4 Å². The molecule has 3 unspecified atom stereocenters. The van der Waals surface area contributed by atoms with Gasteiger partial charge in [0.25, 0.3) is 6.43 Å². The molecular weight excluding hydrogens is 478 g/mol. The minimum atomic E-state index is -2.45. The van der Waals surface area contributed by atoms with Crippen LogP contribution in [0.5, 0.6) is 5.88 Å². The van der Waals surface area contributed by atoms with Gasteiger partial charge in [-0.2, -0.15) is 0 Å². The number of fused-ring (bicyclic) bond motifs is 1. The van der Waals surface area contributed by atoms with Gasteiger partial charge in [-0.1, -0.05) is 0 Å². The maximum absolute atomic E-state index is 12.9. The lowest BCUT2D eigenvalue weighted by Crippen LogP contribution is -2.32. The lowest BCUT2D eigenvalue weighted by atomic mass is 10.1. The summed E-state index contributed by atoms with van der Waals surface area (Å²) >= 11 is 0. The van der Waals surface area contributed by atoms with E-state index in [0.717, 1.165) is 10.9 Å². The van der Waals surface area contributed by atoms with Gasteiger partial charge in [-0.15, -0.1) is 0 Å². The number of likely N-dealkylation sites (tertiary alicyclic amines) is 1. The molecule has 0 bridgehead atoms. The van der Waals surface area contributed by atoms with Crippen LogP contribution >= 0.6 is 0 Å². The van der Waals surface area contributed by atoms with Crippen molar-refractivity contribution in [3.63, 3.8) is 0 Å². The molecule has 0 saturated carbocycles. The number of benzene rings is 1. The van der Waals surface area contributed by atoms with E-state index in [-0.39, 0.29) is 12.6 Å². The summed E-state index contributed by atoms with van der Waals surface area (Å²) in [5.74, 6) is 4.48. The van der Waals surface area contributed by atoms with E-state index in [1.54, 1.807) is 29.3 Å². The zero-order valence-electron chi connectivity index (χ0n) is 19.7. The third-order valence-electron chi connectivity index (χ3n) is 5.55. The molecule has 1 aliphatic heterocycles. The highest BCUT2D eigenvalue weighted by Crippen LogP contribution is 2.32. The summed E-state index contributed by atoms with van der Waals surface area (Å²) in [6, 6.07) is 7.18. The SMILES string of the molecule is C=S(C)(=O)Nc1cc(C)c2c(Nc3cccnc3OC3CN(CC(F)F)CC3OC)ncnc2c1. The fourth-order valence-corrected chi connectivity index (χ4v) is 4.76. The van der Waals surface area contributed by atoms with Crippen molar-refractivity contribution < 1.29 is 22.5 Å². The Morgan fingerprint density at radius 1 is 1.26 bits per heavy atom. The Labute approximate surface area is 203 Å². The fraction of sp³-hybridized carbons (Fsp3) is 0.391. The van der Waals surface area contributed by atoms with Crippen molar-refractivity contribution in [2.45, 2.75) is 25.6 Å². The number of aromatic nitrogens is 3. The molecule has 0 aliphatic carbocycles. The van der Waals surface area contributed by atoms with Gasteiger partial charge in [0.05, 0.1) is 12.1 Å². The van der Waals surface area contributed by atoms with Crippen LogP contribution in [0.25, 0.3) is 10.9 Å². The van der Waals surface area contributed by atoms with Gasteiger partial charge in [0, 0.05) is 53.4 Å². The maximum atomic E-state index is 12.9. The number of hydrogen-bond donors (Lipinski definition) is 2. The molecule has 2 aromatic heterocycles. The number of halogens is 2. The van der Waals surface area contributed by atoms with Gasteiger partial charge in [0.2, 0.25) is 5.88 Å². The first-order valence-corrected chi connectivity index (χ1v) is 13.0. The molecule has 35 heavy (non-hydrogen) atoms. The third-order valence-corrected chi connectivity index (χ3v) is 6.21. The Bertz CT molecular complexity index is 1310. The molecule has 4 rings (SSSR count). The van der Waals surface area contributed by atoms with Gasteiger partial charge < -0.3 is 19.5 Å². The van der Waals surface area contributed by atoms with E-state index < -0.39 is 22.2 Å². The van der Waals surface area contributed by atoms with Crippen LogP contribution < -0.4 is 14.8 Å². The smallest absolute Gasteiger partial charge is 0.251 e. The van der Waals surface area contributed by atoms with E-state index in [9.17, 15) is 13.0 Å². The lowest BCUT2D eigenvalue weighted by Gasteiger charge is -2.20. The maximum Gasteiger partial charge on any atom is 0.251 e. The average molecular weight is 507 g/mol. The van der Waals surface area contributed by atoms with Crippen LogP contribution in [0.15, 0.2) is 36.8 Å². The molecule has 1 saturated heterocycles. The van der Waals surface area contributed by atoms with Gasteiger partial charge in [-0.05, 0) is 42.6 Å². The predicted molar refractivity (Wildman–Crippen MR) is 134 cm³/mol. The molecule has 0 spiro atoms. The first-order chi connectivity index (χ1) is 16.6. The Morgan fingerprint density at radius 2 is 2.03 bits per heavy atom. The molecular formula is C23H28F2N6O3S. The van der Waals surface area contributed by atoms with Crippen LogP contribution in [0.1, 0.15) is 5.56 Å². The lowest BCUT2D eigenvalue weighted by molar-refractivity contribution is 0.0318. The Kier molecular flexibility index (Phi) is 7.33. The summed E-state index contributed by atoms with van der Waals surface area (Å²) in [6.07, 6.45) is 1.29. The molecule has 1 fully saturated rings. The number of hydrogen-bond acceptors (Lipinski definition) is 8. The molecule has 12 heteroatoms. The van der Waals surface area contributed by atoms with Crippen LogP contribution in [-0.4, -0.2) is 81.6 Å². The van der Waals surface area contributed by atoms with Crippen molar-refractivity contribution in [1.82, 2.24) is 19.9 Å². The molecule has 3 aromatic rings. The largest absolute Gasteiger partial charge is 0.469 e. The topological polar surface area (TPSA) is 102 Å². The van der Waals surface area contributed by atoms with E-state index in [2.05, 4.69) is 30.9 Å². The van der Waals surface area contributed by atoms with Gasteiger partial charge in [0.15, 0.2) is 0 Å². The second-order valence-corrected chi connectivity index (χ2v) is 10.8. The molecule has 1 aromatic carbocycles. The highest BCUT2D eigenvalue weighted by atomic mass is 32.2. The van der Waals surface area contributed by atoms with Gasteiger partial charge in [-0.3, -0.25) is 4.90 Å². The molecule has 188 valence electrons. The monoisotopic (exact) mass is 506 g/mol. The number of pyridine rings is 1. The van der Waals surface area contributed by atoms with Crippen LogP contribution in [0.3, 0.4) is 0 Å². The van der Waals surface area contributed by atoms with Crippen LogP contribution in [0.4, 0.5) is 26.0 Å². The van der Waals surface area contributed by atoms with Crippen molar-refractivity contribution in [3.8, 4) is 5.88 Å². The minimum Gasteiger partial charge on any atom is -0.469 e. The molecule has 0 amide bonds. The summed E-state index contributed by atoms with van der Waals surface area (Å²) in [5.41, 5.74) is 2.72. The van der Waals surface area contributed by atoms with E-state index >= 15 is 0 Å². The number of ether oxygens (including phenoxy) is 2. The Morgan fingerprint density at radius 3 is 2.74 bits per heavy atom. The first kappa shape index (κ1) is 25.0. The normalized spacial score (nSPS) is 20.2. The molecule has 3 heterocycles. The quantitative estimate of drug-likeness (QED) is 0.427. The van der Waals surface area contributed by atoms with Crippen molar-refractivity contribution in [2.75, 3.05) is 43.0 Å².